The minimum atomic E-state index is 0.130. The SMILES string of the molecule is CC(=O)C1CCCCN1CC1(CC#N)CC1. The van der Waals surface area contributed by atoms with Gasteiger partial charge in [-0.25, -0.2) is 0 Å². The molecule has 0 amide bonds. The molecule has 16 heavy (non-hydrogen) atoms. The Labute approximate surface area is 97.4 Å². The van der Waals surface area contributed by atoms with Crippen molar-refractivity contribution >= 4 is 5.78 Å². The molecule has 0 aromatic heterocycles. The third kappa shape index (κ3) is 2.44. The molecule has 1 unspecified atom stereocenters. The zero-order chi connectivity index (χ0) is 11.6. The Bertz CT molecular complexity index is 314. The van der Waals surface area contributed by atoms with Gasteiger partial charge in [0.05, 0.1) is 12.1 Å². The molecule has 2 fully saturated rings. The Morgan fingerprint density at radius 3 is 2.81 bits per heavy atom. The minimum absolute atomic E-state index is 0.130. The number of Topliss-reactive ketones (excluding diaryl/α,β-unsaturated/α-hetero) is 1. The van der Waals surface area contributed by atoms with Crippen LogP contribution in [-0.4, -0.2) is 29.8 Å². The minimum Gasteiger partial charge on any atom is -0.298 e. The number of carbonyl (C=O) groups excluding carboxylic acids is 1. The number of nitriles is 1. The molecule has 1 atom stereocenters. The van der Waals surface area contributed by atoms with Crippen molar-refractivity contribution in [2.24, 2.45) is 5.41 Å². The summed E-state index contributed by atoms with van der Waals surface area (Å²) in [7, 11) is 0. The normalized spacial score (nSPS) is 28.4. The van der Waals surface area contributed by atoms with Crippen LogP contribution in [0.3, 0.4) is 0 Å². The maximum Gasteiger partial charge on any atom is 0.146 e. The molecule has 1 heterocycles. The fourth-order valence-electron chi connectivity index (χ4n) is 2.81. The van der Waals surface area contributed by atoms with Crippen LogP contribution in [0.1, 0.15) is 45.4 Å². The molecule has 3 heteroatoms. The number of ketones is 1. The first kappa shape index (κ1) is 11.6. The van der Waals surface area contributed by atoms with Crippen LogP contribution in [0.2, 0.25) is 0 Å². The molecule has 0 aromatic carbocycles. The van der Waals surface area contributed by atoms with Crippen molar-refractivity contribution in [3.63, 3.8) is 0 Å². The Balaban J connectivity index is 1.97. The summed E-state index contributed by atoms with van der Waals surface area (Å²) >= 11 is 0. The van der Waals surface area contributed by atoms with Crippen LogP contribution in [0.15, 0.2) is 0 Å². The van der Waals surface area contributed by atoms with Crippen LogP contribution in [0.25, 0.3) is 0 Å². The summed E-state index contributed by atoms with van der Waals surface area (Å²) in [5.74, 6) is 0.299. The molecule has 1 saturated heterocycles. The Hall–Kier alpha value is -0.880. The first-order valence-corrected chi connectivity index (χ1v) is 6.28. The molecule has 1 aliphatic heterocycles. The van der Waals surface area contributed by atoms with Gasteiger partial charge in [-0.05, 0) is 44.6 Å². The summed E-state index contributed by atoms with van der Waals surface area (Å²) in [6.07, 6.45) is 6.38. The first-order valence-electron chi connectivity index (χ1n) is 6.28. The van der Waals surface area contributed by atoms with Gasteiger partial charge in [0.25, 0.3) is 0 Å². The van der Waals surface area contributed by atoms with E-state index in [4.69, 9.17) is 5.26 Å². The molecule has 0 radical (unpaired) electrons. The van der Waals surface area contributed by atoms with Crippen molar-refractivity contribution in [3.8, 4) is 6.07 Å². The maximum absolute atomic E-state index is 11.6. The van der Waals surface area contributed by atoms with Crippen molar-refractivity contribution in [3.05, 3.63) is 0 Å². The molecule has 1 saturated carbocycles. The molecule has 2 rings (SSSR count). The van der Waals surface area contributed by atoms with E-state index < -0.39 is 0 Å². The highest BCUT2D eigenvalue weighted by Gasteiger charge is 2.45. The van der Waals surface area contributed by atoms with E-state index >= 15 is 0 Å². The summed E-state index contributed by atoms with van der Waals surface area (Å²) in [4.78, 5) is 13.9. The Morgan fingerprint density at radius 2 is 2.25 bits per heavy atom. The highest BCUT2D eigenvalue weighted by Crippen LogP contribution is 2.49. The quantitative estimate of drug-likeness (QED) is 0.729. The van der Waals surface area contributed by atoms with Gasteiger partial charge >= 0.3 is 0 Å². The molecule has 1 aliphatic carbocycles. The molecule has 88 valence electrons. The monoisotopic (exact) mass is 220 g/mol. The first-order chi connectivity index (χ1) is 7.67. The number of piperidine rings is 1. The average Bonchev–Trinajstić information content (AvgIpc) is 2.99. The van der Waals surface area contributed by atoms with Crippen LogP contribution in [0, 0.1) is 16.7 Å². The highest BCUT2D eigenvalue weighted by molar-refractivity contribution is 5.81. The molecule has 0 bridgehead atoms. The number of nitrogens with zero attached hydrogens (tertiary/aromatic N) is 2. The van der Waals surface area contributed by atoms with Gasteiger partial charge in [-0.1, -0.05) is 6.42 Å². The zero-order valence-corrected chi connectivity index (χ0v) is 10.0. The standard InChI is InChI=1S/C13H20N2O/c1-11(16)12-4-2-3-9-15(12)10-13(5-6-13)7-8-14/h12H,2-7,9-10H2,1H3. The summed E-state index contributed by atoms with van der Waals surface area (Å²) < 4.78 is 0. The predicted octanol–water partition coefficient (Wildman–Crippen LogP) is 2.12. The molecule has 0 N–H and O–H groups in total. The van der Waals surface area contributed by atoms with E-state index in [0.717, 1.165) is 19.5 Å². The lowest BCUT2D eigenvalue weighted by Gasteiger charge is -2.36. The van der Waals surface area contributed by atoms with Gasteiger partial charge in [-0.3, -0.25) is 9.69 Å². The second kappa shape index (κ2) is 4.55. The van der Waals surface area contributed by atoms with Crippen LogP contribution in [0.4, 0.5) is 0 Å². The van der Waals surface area contributed by atoms with E-state index in [-0.39, 0.29) is 11.5 Å². The van der Waals surface area contributed by atoms with E-state index in [1.807, 2.05) is 0 Å². The molecule has 0 spiro atoms. The maximum atomic E-state index is 11.6. The van der Waals surface area contributed by atoms with Crippen LogP contribution >= 0.6 is 0 Å². The van der Waals surface area contributed by atoms with E-state index in [9.17, 15) is 4.79 Å². The van der Waals surface area contributed by atoms with Gasteiger partial charge in [0.15, 0.2) is 0 Å². The molecule has 2 aliphatic rings. The van der Waals surface area contributed by atoms with Gasteiger partial charge in [-0.15, -0.1) is 0 Å². The lowest BCUT2D eigenvalue weighted by molar-refractivity contribution is -0.123. The van der Waals surface area contributed by atoms with Crippen LogP contribution in [0.5, 0.6) is 0 Å². The van der Waals surface area contributed by atoms with Crippen molar-refractivity contribution in [1.82, 2.24) is 4.90 Å². The number of hydrogen-bond acceptors (Lipinski definition) is 3. The number of hydrogen-bond donors (Lipinski definition) is 0. The van der Waals surface area contributed by atoms with E-state index in [2.05, 4.69) is 11.0 Å². The van der Waals surface area contributed by atoms with Gasteiger partial charge < -0.3 is 0 Å². The predicted molar refractivity (Wildman–Crippen MR) is 61.8 cm³/mol. The topological polar surface area (TPSA) is 44.1 Å². The molecule has 0 aromatic rings. The molecular formula is C13H20N2O. The van der Waals surface area contributed by atoms with E-state index in [1.165, 1.54) is 25.7 Å². The van der Waals surface area contributed by atoms with Gasteiger partial charge in [0.2, 0.25) is 0 Å². The van der Waals surface area contributed by atoms with E-state index in [1.54, 1.807) is 6.92 Å². The summed E-state index contributed by atoms with van der Waals surface area (Å²) in [5, 5.41) is 8.81. The average molecular weight is 220 g/mol. The lowest BCUT2D eigenvalue weighted by Crippen LogP contribution is -2.46. The fraction of sp³-hybridized carbons (Fsp3) is 0.846. The van der Waals surface area contributed by atoms with E-state index in [0.29, 0.717) is 12.2 Å². The zero-order valence-electron chi connectivity index (χ0n) is 10.0. The second-order valence-electron chi connectivity index (χ2n) is 5.43. The molecule has 3 nitrogen and oxygen atoms in total. The highest BCUT2D eigenvalue weighted by atomic mass is 16.1. The summed E-state index contributed by atoms with van der Waals surface area (Å²) in [5.41, 5.74) is 0.236. The van der Waals surface area contributed by atoms with Crippen molar-refractivity contribution in [2.45, 2.75) is 51.5 Å². The Morgan fingerprint density at radius 1 is 1.50 bits per heavy atom. The van der Waals surface area contributed by atoms with Crippen LogP contribution < -0.4 is 0 Å². The van der Waals surface area contributed by atoms with Crippen LogP contribution in [-0.2, 0) is 4.79 Å². The largest absolute Gasteiger partial charge is 0.298 e. The third-order valence-electron chi connectivity index (χ3n) is 4.03. The smallest absolute Gasteiger partial charge is 0.146 e. The second-order valence-corrected chi connectivity index (χ2v) is 5.43. The lowest BCUT2D eigenvalue weighted by atomic mass is 9.95. The van der Waals surface area contributed by atoms with Crippen molar-refractivity contribution in [2.75, 3.05) is 13.1 Å². The number of likely N-dealkylation sites (tertiary alicyclic amines) is 1. The number of carbonyl (C=O) groups is 1. The number of rotatable bonds is 4. The Kier molecular flexibility index (Phi) is 3.30. The van der Waals surface area contributed by atoms with Gasteiger partial charge in [0, 0.05) is 13.0 Å². The van der Waals surface area contributed by atoms with Crippen molar-refractivity contribution in [1.29, 1.82) is 5.26 Å². The third-order valence-corrected chi connectivity index (χ3v) is 4.03. The summed E-state index contributed by atoms with van der Waals surface area (Å²) in [6.45, 7) is 3.70. The van der Waals surface area contributed by atoms with Crippen molar-refractivity contribution < 1.29 is 4.79 Å². The van der Waals surface area contributed by atoms with Gasteiger partial charge in [0.1, 0.15) is 5.78 Å². The summed E-state index contributed by atoms with van der Waals surface area (Å²) in [6, 6.07) is 2.42. The van der Waals surface area contributed by atoms with Gasteiger partial charge in [-0.2, -0.15) is 5.26 Å². The molecular weight excluding hydrogens is 200 g/mol. The fourth-order valence-corrected chi connectivity index (χ4v) is 2.81.